The minimum Gasteiger partial charge on any atom is -0.492 e. The van der Waals surface area contributed by atoms with E-state index >= 15 is 0 Å². The number of ether oxygens (including phenoxy) is 1. The van der Waals surface area contributed by atoms with Crippen LogP contribution < -0.4 is 15.4 Å². The lowest BCUT2D eigenvalue weighted by atomic mass is 10.3. The van der Waals surface area contributed by atoms with Crippen molar-refractivity contribution in [3.8, 4) is 5.75 Å². The number of nitrogens with one attached hydrogen (secondary N) is 2. The molecule has 0 aliphatic heterocycles. The highest BCUT2D eigenvalue weighted by atomic mass is 35.5. The molecule has 22 heavy (non-hydrogen) atoms. The van der Waals surface area contributed by atoms with E-state index in [0.29, 0.717) is 21.5 Å². The molecule has 0 aliphatic carbocycles. The molecule has 116 valence electrons. The van der Waals surface area contributed by atoms with Crippen molar-refractivity contribution in [1.82, 2.24) is 5.32 Å². The van der Waals surface area contributed by atoms with Crippen molar-refractivity contribution in [1.29, 1.82) is 0 Å². The summed E-state index contributed by atoms with van der Waals surface area (Å²) >= 11 is 11.6. The van der Waals surface area contributed by atoms with Gasteiger partial charge in [0.1, 0.15) is 18.2 Å². The number of hydrogen-bond acceptors (Lipinski definition) is 2. The first kappa shape index (κ1) is 16.4. The predicted octanol–water partition coefficient (Wildman–Crippen LogP) is 4.33. The zero-order chi connectivity index (χ0) is 15.9. The van der Waals surface area contributed by atoms with E-state index in [1.807, 2.05) is 0 Å². The highest BCUT2D eigenvalue weighted by Gasteiger charge is 2.04. The van der Waals surface area contributed by atoms with Crippen molar-refractivity contribution in [3.63, 3.8) is 0 Å². The molecular formula is C15H13Cl2FN2O2. The average molecular weight is 343 g/mol. The van der Waals surface area contributed by atoms with Crippen LogP contribution in [-0.4, -0.2) is 19.2 Å². The van der Waals surface area contributed by atoms with E-state index in [-0.39, 0.29) is 19.0 Å². The lowest BCUT2D eigenvalue weighted by Crippen LogP contribution is -2.32. The van der Waals surface area contributed by atoms with E-state index in [0.717, 1.165) is 0 Å². The van der Waals surface area contributed by atoms with Gasteiger partial charge in [-0.15, -0.1) is 0 Å². The molecule has 2 aromatic rings. The molecule has 0 spiro atoms. The first-order chi connectivity index (χ1) is 10.5. The number of benzene rings is 2. The van der Waals surface area contributed by atoms with E-state index in [1.54, 1.807) is 30.3 Å². The number of urea groups is 1. The van der Waals surface area contributed by atoms with Gasteiger partial charge in [0.25, 0.3) is 0 Å². The van der Waals surface area contributed by atoms with Crippen LogP contribution >= 0.6 is 23.2 Å². The zero-order valence-corrected chi connectivity index (χ0v) is 12.9. The lowest BCUT2D eigenvalue weighted by molar-refractivity contribution is 0.247. The molecule has 2 amide bonds. The van der Waals surface area contributed by atoms with Crippen LogP contribution in [0.25, 0.3) is 0 Å². The molecule has 2 N–H and O–H groups in total. The summed E-state index contributed by atoms with van der Waals surface area (Å²) in [6, 6.07) is 10.2. The van der Waals surface area contributed by atoms with Crippen molar-refractivity contribution < 1.29 is 13.9 Å². The third kappa shape index (κ3) is 5.09. The highest BCUT2D eigenvalue weighted by Crippen LogP contribution is 2.24. The topological polar surface area (TPSA) is 50.4 Å². The molecule has 0 radical (unpaired) electrons. The Hall–Kier alpha value is -1.98. The van der Waals surface area contributed by atoms with Gasteiger partial charge in [0.2, 0.25) is 0 Å². The van der Waals surface area contributed by atoms with Crippen molar-refractivity contribution in [2.45, 2.75) is 0 Å². The monoisotopic (exact) mass is 342 g/mol. The molecule has 0 atom stereocenters. The second-order valence-corrected chi connectivity index (χ2v) is 5.13. The van der Waals surface area contributed by atoms with Crippen LogP contribution in [0.1, 0.15) is 0 Å². The van der Waals surface area contributed by atoms with E-state index in [4.69, 9.17) is 27.9 Å². The van der Waals surface area contributed by atoms with Crippen LogP contribution in [0, 0.1) is 5.82 Å². The molecule has 2 aromatic carbocycles. The molecule has 0 heterocycles. The number of hydrogen-bond donors (Lipinski definition) is 2. The second-order valence-electron chi connectivity index (χ2n) is 4.32. The standard InChI is InChI=1S/C15H13Cl2FN2O2/c16-13-5-4-11(9-14(13)17)20-15(21)19-6-7-22-12-3-1-2-10(18)8-12/h1-5,8-9H,6-7H2,(H2,19,20,21). The highest BCUT2D eigenvalue weighted by molar-refractivity contribution is 6.42. The van der Waals surface area contributed by atoms with E-state index in [2.05, 4.69) is 10.6 Å². The summed E-state index contributed by atoms with van der Waals surface area (Å²) in [6.07, 6.45) is 0. The van der Waals surface area contributed by atoms with E-state index < -0.39 is 6.03 Å². The normalized spacial score (nSPS) is 10.1. The van der Waals surface area contributed by atoms with Gasteiger partial charge in [0.15, 0.2) is 0 Å². The van der Waals surface area contributed by atoms with Gasteiger partial charge in [-0.2, -0.15) is 0 Å². The lowest BCUT2D eigenvalue weighted by Gasteiger charge is -2.09. The Kier molecular flexibility index (Phi) is 5.86. The van der Waals surface area contributed by atoms with Crippen LogP contribution in [0.4, 0.5) is 14.9 Å². The minimum atomic E-state index is -0.402. The summed E-state index contributed by atoms with van der Waals surface area (Å²) in [5.41, 5.74) is 0.526. The Morgan fingerprint density at radius 3 is 2.68 bits per heavy atom. The Balaban J connectivity index is 1.72. The van der Waals surface area contributed by atoms with Crippen LogP contribution in [0.5, 0.6) is 5.75 Å². The number of anilines is 1. The number of carbonyl (C=O) groups is 1. The smallest absolute Gasteiger partial charge is 0.319 e. The van der Waals surface area contributed by atoms with Crippen LogP contribution in [-0.2, 0) is 0 Å². The van der Waals surface area contributed by atoms with Gasteiger partial charge in [0.05, 0.1) is 16.6 Å². The van der Waals surface area contributed by atoms with Crippen LogP contribution in [0.3, 0.4) is 0 Å². The Morgan fingerprint density at radius 1 is 1.14 bits per heavy atom. The fourth-order valence-electron chi connectivity index (χ4n) is 1.64. The van der Waals surface area contributed by atoms with Crippen LogP contribution in [0.2, 0.25) is 10.0 Å². The fourth-order valence-corrected chi connectivity index (χ4v) is 1.94. The Morgan fingerprint density at radius 2 is 1.95 bits per heavy atom. The van der Waals surface area contributed by atoms with E-state index in [9.17, 15) is 9.18 Å². The fraction of sp³-hybridized carbons (Fsp3) is 0.133. The molecule has 7 heteroatoms. The first-order valence-corrected chi connectivity index (χ1v) is 7.18. The molecule has 2 rings (SSSR count). The summed E-state index contributed by atoms with van der Waals surface area (Å²) < 4.78 is 18.2. The van der Waals surface area contributed by atoms with Gasteiger partial charge in [0, 0.05) is 11.8 Å². The maximum Gasteiger partial charge on any atom is 0.319 e. The van der Waals surface area contributed by atoms with Gasteiger partial charge >= 0.3 is 6.03 Å². The van der Waals surface area contributed by atoms with Crippen molar-refractivity contribution in [2.75, 3.05) is 18.5 Å². The second kappa shape index (κ2) is 7.87. The Bertz CT molecular complexity index is 668. The average Bonchev–Trinajstić information content (AvgIpc) is 2.48. The van der Waals surface area contributed by atoms with Gasteiger partial charge in [-0.1, -0.05) is 29.3 Å². The molecule has 4 nitrogen and oxygen atoms in total. The van der Waals surface area contributed by atoms with Gasteiger partial charge in [-0.3, -0.25) is 0 Å². The molecular weight excluding hydrogens is 330 g/mol. The maximum atomic E-state index is 12.9. The zero-order valence-electron chi connectivity index (χ0n) is 11.4. The minimum absolute atomic E-state index is 0.220. The third-order valence-corrected chi connectivity index (χ3v) is 3.37. The summed E-state index contributed by atoms with van der Waals surface area (Å²) in [4.78, 5) is 11.7. The Labute approximate surface area is 137 Å². The van der Waals surface area contributed by atoms with Crippen LogP contribution in [0.15, 0.2) is 42.5 Å². The number of amides is 2. The van der Waals surface area contributed by atoms with E-state index in [1.165, 1.54) is 12.1 Å². The molecule has 0 bridgehead atoms. The quantitative estimate of drug-likeness (QED) is 0.794. The maximum absolute atomic E-state index is 12.9. The molecule has 0 saturated heterocycles. The molecule has 0 saturated carbocycles. The van der Waals surface area contributed by atoms with Crippen molar-refractivity contribution >= 4 is 34.9 Å². The molecule has 0 aliphatic rings. The number of carbonyl (C=O) groups excluding carboxylic acids is 1. The summed E-state index contributed by atoms with van der Waals surface area (Å²) in [6.45, 7) is 0.488. The van der Waals surface area contributed by atoms with Gasteiger partial charge in [-0.25, -0.2) is 9.18 Å². The van der Waals surface area contributed by atoms with Crippen molar-refractivity contribution in [2.24, 2.45) is 0 Å². The first-order valence-electron chi connectivity index (χ1n) is 6.43. The molecule has 0 fully saturated rings. The predicted molar refractivity (Wildman–Crippen MR) is 85.4 cm³/mol. The summed E-state index contributed by atoms with van der Waals surface area (Å²) in [7, 11) is 0. The van der Waals surface area contributed by atoms with Gasteiger partial charge < -0.3 is 15.4 Å². The van der Waals surface area contributed by atoms with Crippen molar-refractivity contribution in [3.05, 3.63) is 58.3 Å². The SMILES string of the molecule is O=C(NCCOc1cccc(F)c1)Nc1ccc(Cl)c(Cl)c1. The van der Waals surface area contributed by atoms with Gasteiger partial charge in [-0.05, 0) is 30.3 Å². The summed E-state index contributed by atoms with van der Waals surface area (Å²) in [5, 5.41) is 5.98. The molecule has 0 unspecified atom stereocenters. The number of rotatable bonds is 5. The largest absolute Gasteiger partial charge is 0.492 e. The number of halogens is 3. The summed E-state index contributed by atoms with van der Waals surface area (Å²) in [5.74, 6) is 0.0366. The molecule has 0 aromatic heterocycles. The third-order valence-electron chi connectivity index (χ3n) is 2.63.